The predicted molar refractivity (Wildman–Crippen MR) is 161 cm³/mol. The second kappa shape index (κ2) is 13.4. The van der Waals surface area contributed by atoms with Crippen LogP contribution >= 0.6 is 0 Å². The standard InChI is InChI=1S/C35H37F3O3/c1-22(10-8-11-23(2)28-14-15-33(40-6)34(20-28)41-7)25(4)26(5)29-13-9-12-27(17-29)16-24(3)30-18-31(35(36,37)38)21-32(39)19-30/h8-15,17-21,25-26,39H,2-3,16H2,1,4-7H3/b11-8-,22-10+/t25?,26-/m1/s1. The molecule has 3 aromatic rings. The summed E-state index contributed by atoms with van der Waals surface area (Å²) in [5.41, 5.74) is 4.92. The lowest BCUT2D eigenvalue weighted by molar-refractivity contribution is -0.137. The van der Waals surface area contributed by atoms with Gasteiger partial charge in [0.1, 0.15) is 5.75 Å². The minimum atomic E-state index is -4.55. The Labute approximate surface area is 241 Å². The molecule has 0 saturated carbocycles. The molecular formula is C35H37F3O3. The molecule has 1 unspecified atom stereocenters. The van der Waals surface area contributed by atoms with Crippen molar-refractivity contribution < 1.29 is 27.8 Å². The van der Waals surface area contributed by atoms with Gasteiger partial charge in [-0.2, -0.15) is 13.2 Å². The maximum atomic E-state index is 13.2. The van der Waals surface area contributed by atoms with Gasteiger partial charge in [0.2, 0.25) is 0 Å². The number of halogens is 3. The number of allylic oxidation sites excluding steroid dienone is 6. The number of rotatable bonds is 11. The molecular weight excluding hydrogens is 525 g/mol. The Morgan fingerprint density at radius 1 is 0.927 bits per heavy atom. The first-order valence-electron chi connectivity index (χ1n) is 13.3. The van der Waals surface area contributed by atoms with Crippen molar-refractivity contribution >= 4 is 11.1 Å². The molecule has 41 heavy (non-hydrogen) atoms. The van der Waals surface area contributed by atoms with Gasteiger partial charge < -0.3 is 14.6 Å². The fourth-order valence-electron chi connectivity index (χ4n) is 4.60. The van der Waals surface area contributed by atoms with E-state index in [4.69, 9.17) is 9.47 Å². The summed E-state index contributed by atoms with van der Waals surface area (Å²) in [7, 11) is 3.20. The maximum absolute atomic E-state index is 13.2. The van der Waals surface area contributed by atoms with Crippen LogP contribution in [0.1, 0.15) is 54.5 Å². The van der Waals surface area contributed by atoms with Gasteiger partial charge in [0, 0.05) is 0 Å². The van der Waals surface area contributed by atoms with E-state index in [0.717, 1.165) is 34.4 Å². The van der Waals surface area contributed by atoms with Crippen LogP contribution in [-0.2, 0) is 12.6 Å². The zero-order chi connectivity index (χ0) is 30.3. The lowest BCUT2D eigenvalue weighted by atomic mass is 9.83. The molecule has 2 atom stereocenters. The Morgan fingerprint density at radius 3 is 2.29 bits per heavy atom. The van der Waals surface area contributed by atoms with Crippen LogP contribution in [0.5, 0.6) is 17.2 Å². The molecule has 0 spiro atoms. The summed E-state index contributed by atoms with van der Waals surface area (Å²) in [5, 5.41) is 9.83. The average molecular weight is 563 g/mol. The first-order valence-corrected chi connectivity index (χ1v) is 13.3. The van der Waals surface area contributed by atoms with Crippen molar-refractivity contribution in [3.63, 3.8) is 0 Å². The summed E-state index contributed by atoms with van der Waals surface area (Å²) in [5.74, 6) is 1.30. The maximum Gasteiger partial charge on any atom is 0.416 e. The van der Waals surface area contributed by atoms with Crippen molar-refractivity contribution in [1.29, 1.82) is 0 Å². The summed E-state index contributed by atoms with van der Waals surface area (Å²) in [6.45, 7) is 14.6. The molecule has 0 aromatic heterocycles. The van der Waals surface area contributed by atoms with Crippen LogP contribution in [0, 0.1) is 5.92 Å². The number of benzene rings is 3. The smallest absolute Gasteiger partial charge is 0.416 e. The van der Waals surface area contributed by atoms with E-state index in [1.165, 1.54) is 11.6 Å². The molecule has 0 amide bonds. The summed E-state index contributed by atoms with van der Waals surface area (Å²) in [4.78, 5) is 0. The van der Waals surface area contributed by atoms with Crippen LogP contribution in [0.2, 0.25) is 0 Å². The number of hydrogen-bond donors (Lipinski definition) is 1. The van der Waals surface area contributed by atoms with Crippen molar-refractivity contribution in [2.75, 3.05) is 14.2 Å². The average Bonchev–Trinajstić information content (AvgIpc) is 2.95. The molecule has 6 heteroatoms. The van der Waals surface area contributed by atoms with Crippen molar-refractivity contribution in [2.45, 2.75) is 39.3 Å². The Morgan fingerprint density at radius 2 is 1.63 bits per heavy atom. The topological polar surface area (TPSA) is 38.7 Å². The van der Waals surface area contributed by atoms with E-state index in [-0.39, 0.29) is 17.4 Å². The summed E-state index contributed by atoms with van der Waals surface area (Å²) < 4.78 is 50.3. The van der Waals surface area contributed by atoms with E-state index in [1.807, 2.05) is 42.5 Å². The molecule has 3 aromatic carbocycles. The van der Waals surface area contributed by atoms with Gasteiger partial charge in [-0.15, -0.1) is 0 Å². The van der Waals surface area contributed by atoms with E-state index in [1.54, 1.807) is 14.2 Å². The highest BCUT2D eigenvalue weighted by molar-refractivity contribution is 5.74. The Balaban J connectivity index is 1.70. The lowest BCUT2D eigenvalue weighted by Crippen LogP contribution is -2.08. The van der Waals surface area contributed by atoms with Gasteiger partial charge in [0.25, 0.3) is 0 Å². The first-order chi connectivity index (χ1) is 19.3. The first kappa shape index (κ1) is 31.3. The molecule has 0 bridgehead atoms. The van der Waals surface area contributed by atoms with Crippen molar-refractivity contribution in [3.05, 3.63) is 125 Å². The van der Waals surface area contributed by atoms with E-state index < -0.39 is 17.5 Å². The SMILES string of the molecule is C=C(/C=C\C=C(/C)C(C)[C@@H](C)c1cccc(CC(=C)c2cc(O)cc(C(F)(F)F)c2)c1)c1ccc(OC)c(OC)c1. The quantitative estimate of drug-likeness (QED) is 0.237. The largest absolute Gasteiger partial charge is 0.508 e. The second-order valence-corrected chi connectivity index (χ2v) is 10.2. The zero-order valence-corrected chi connectivity index (χ0v) is 24.2. The number of methoxy groups -OCH3 is 2. The van der Waals surface area contributed by atoms with Gasteiger partial charge >= 0.3 is 6.18 Å². The number of hydrogen-bond acceptors (Lipinski definition) is 3. The summed E-state index contributed by atoms with van der Waals surface area (Å²) in [6.07, 6.45) is 1.85. The van der Waals surface area contributed by atoms with Crippen LogP contribution in [0.15, 0.2) is 97.6 Å². The highest BCUT2D eigenvalue weighted by atomic mass is 19.4. The minimum absolute atomic E-state index is 0.194. The number of aromatic hydroxyl groups is 1. The molecule has 3 rings (SSSR count). The fraction of sp³-hybridized carbons (Fsp3) is 0.257. The number of phenolic OH excluding ortho intramolecular Hbond substituents is 1. The zero-order valence-electron chi connectivity index (χ0n) is 24.2. The van der Waals surface area contributed by atoms with Crippen LogP contribution in [-0.4, -0.2) is 19.3 Å². The Bertz CT molecular complexity index is 1460. The molecule has 0 radical (unpaired) electrons. The molecule has 0 aliphatic carbocycles. The van der Waals surface area contributed by atoms with Gasteiger partial charge in [-0.1, -0.05) is 81.1 Å². The van der Waals surface area contributed by atoms with Crippen molar-refractivity contribution in [1.82, 2.24) is 0 Å². The summed E-state index contributed by atoms with van der Waals surface area (Å²) >= 11 is 0. The minimum Gasteiger partial charge on any atom is -0.508 e. The van der Waals surface area contributed by atoms with Crippen molar-refractivity contribution in [3.8, 4) is 17.2 Å². The van der Waals surface area contributed by atoms with Crippen molar-refractivity contribution in [2.24, 2.45) is 5.92 Å². The molecule has 0 aliphatic rings. The normalized spacial score (nSPS) is 13.6. The van der Waals surface area contributed by atoms with E-state index in [2.05, 4.69) is 52.1 Å². The Kier molecular flexibility index (Phi) is 10.3. The summed E-state index contributed by atoms with van der Waals surface area (Å²) in [6, 6.07) is 16.8. The van der Waals surface area contributed by atoms with Gasteiger partial charge in [-0.25, -0.2) is 0 Å². The fourth-order valence-corrected chi connectivity index (χ4v) is 4.60. The third kappa shape index (κ3) is 8.16. The highest BCUT2D eigenvalue weighted by Crippen LogP contribution is 2.35. The Hall–Kier alpha value is -4.19. The number of phenols is 1. The third-order valence-corrected chi connectivity index (χ3v) is 7.43. The monoisotopic (exact) mass is 562 g/mol. The molecule has 0 fully saturated rings. The highest BCUT2D eigenvalue weighted by Gasteiger charge is 2.31. The number of alkyl halides is 3. The van der Waals surface area contributed by atoms with Gasteiger partial charge in [0.05, 0.1) is 19.8 Å². The third-order valence-electron chi connectivity index (χ3n) is 7.43. The number of ether oxygens (including phenoxy) is 2. The van der Waals surface area contributed by atoms with Gasteiger partial charge in [0.15, 0.2) is 11.5 Å². The second-order valence-electron chi connectivity index (χ2n) is 10.2. The van der Waals surface area contributed by atoms with E-state index in [9.17, 15) is 18.3 Å². The molecule has 0 aliphatic heterocycles. The molecule has 216 valence electrons. The van der Waals surface area contributed by atoms with Crippen LogP contribution < -0.4 is 9.47 Å². The molecule has 1 N–H and O–H groups in total. The molecule has 0 saturated heterocycles. The molecule has 3 nitrogen and oxygen atoms in total. The van der Waals surface area contributed by atoms with Crippen LogP contribution in [0.4, 0.5) is 13.2 Å². The lowest BCUT2D eigenvalue weighted by Gasteiger charge is -2.22. The molecule has 0 heterocycles. The van der Waals surface area contributed by atoms with Gasteiger partial charge in [-0.3, -0.25) is 0 Å². The van der Waals surface area contributed by atoms with Crippen LogP contribution in [0.3, 0.4) is 0 Å². The van der Waals surface area contributed by atoms with Crippen LogP contribution in [0.25, 0.3) is 11.1 Å². The predicted octanol–water partition coefficient (Wildman–Crippen LogP) is 9.64. The van der Waals surface area contributed by atoms with E-state index >= 15 is 0 Å². The van der Waals surface area contributed by atoms with Gasteiger partial charge in [-0.05, 0) is 88.9 Å². The van der Waals surface area contributed by atoms with E-state index in [0.29, 0.717) is 23.5 Å².